The molecule has 1 unspecified atom stereocenters. The number of rotatable bonds is 4. The topological polar surface area (TPSA) is 35.6 Å². The van der Waals surface area contributed by atoms with Gasteiger partial charge in [-0.3, -0.25) is 0 Å². The molecular weight excluding hydrogens is 373 g/mol. The van der Waals surface area contributed by atoms with Gasteiger partial charge in [-0.05, 0) is 35.7 Å². The molecule has 0 radical (unpaired) electrons. The van der Waals surface area contributed by atoms with E-state index in [0.717, 1.165) is 25.1 Å². The zero-order valence-electron chi connectivity index (χ0n) is 15.9. The molecule has 0 saturated carbocycles. The Morgan fingerprint density at radius 1 is 1.07 bits per heavy atom. The van der Waals surface area contributed by atoms with E-state index in [1.165, 1.54) is 23.3 Å². The number of amides is 2. The summed E-state index contributed by atoms with van der Waals surface area (Å²) in [5, 5.41) is 3.00. The maximum absolute atomic E-state index is 14.0. The van der Waals surface area contributed by atoms with Crippen molar-refractivity contribution in [1.29, 1.82) is 0 Å². The van der Waals surface area contributed by atoms with Gasteiger partial charge in [0.1, 0.15) is 5.82 Å². The van der Waals surface area contributed by atoms with Crippen LogP contribution in [0.25, 0.3) is 0 Å². The maximum atomic E-state index is 14.0. The Hall–Kier alpha value is -2.21. The number of thioether (sulfide) groups is 1. The molecule has 1 atom stereocenters. The second-order valence-corrected chi connectivity index (χ2v) is 8.60. The lowest BCUT2D eigenvalue weighted by Crippen LogP contribution is -2.38. The van der Waals surface area contributed by atoms with Crippen LogP contribution < -0.4 is 10.2 Å². The van der Waals surface area contributed by atoms with Gasteiger partial charge in [0.05, 0.1) is 0 Å². The van der Waals surface area contributed by atoms with Crippen LogP contribution in [0.15, 0.2) is 48.5 Å². The van der Waals surface area contributed by atoms with Gasteiger partial charge in [0, 0.05) is 55.8 Å². The molecular formula is C22H26FN3OS. The lowest BCUT2D eigenvalue weighted by molar-refractivity contribution is 0.207. The average molecular weight is 400 g/mol. The van der Waals surface area contributed by atoms with Crippen molar-refractivity contribution in [3.63, 3.8) is 0 Å². The van der Waals surface area contributed by atoms with Crippen LogP contribution >= 0.6 is 11.8 Å². The summed E-state index contributed by atoms with van der Waals surface area (Å²) in [6.07, 6.45) is 0.803. The van der Waals surface area contributed by atoms with Gasteiger partial charge in [0.2, 0.25) is 0 Å². The average Bonchev–Trinajstić information content (AvgIpc) is 3.23. The van der Waals surface area contributed by atoms with Crippen molar-refractivity contribution in [2.75, 3.05) is 42.6 Å². The fourth-order valence-electron chi connectivity index (χ4n) is 3.94. The van der Waals surface area contributed by atoms with Crippen LogP contribution in [0.5, 0.6) is 0 Å². The monoisotopic (exact) mass is 399 g/mol. The second-order valence-electron chi connectivity index (χ2n) is 7.38. The Balaban J connectivity index is 1.28. The molecule has 1 N–H and O–H groups in total. The van der Waals surface area contributed by atoms with Crippen LogP contribution in [0, 0.1) is 5.82 Å². The summed E-state index contributed by atoms with van der Waals surface area (Å²) >= 11 is 2.00. The summed E-state index contributed by atoms with van der Waals surface area (Å²) in [6.45, 7) is 3.93. The molecule has 2 fully saturated rings. The zero-order chi connectivity index (χ0) is 19.3. The van der Waals surface area contributed by atoms with Crippen molar-refractivity contribution in [2.45, 2.75) is 18.9 Å². The van der Waals surface area contributed by atoms with Gasteiger partial charge < -0.3 is 15.1 Å². The Bertz CT molecular complexity index is 808. The number of nitrogens with zero attached hydrogens (tertiary/aromatic N) is 2. The highest BCUT2D eigenvalue weighted by Crippen LogP contribution is 2.29. The standard InChI is InChI=1S/C22H26FN3OS/c23-21-4-2-1-3-20(21)18-9-10-26(16-18)22(27)24-15-17-5-7-19(8-6-17)25-11-13-28-14-12-25/h1-8,18H,9-16H2,(H,24,27). The quantitative estimate of drug-likeness (QED) is 0.842. The molecule has 0 bridgehead atoms. The highest BCUT2D eigenvalue weighted by atomic mass is 32.2. The van der Waals surface area contributed by atoms with Crippen LogP contribution in [0.2, 0.25) is 0 Å². The predicted molar refractivity (Wildman–Crippen MR) is 114 cm³/mol. The molecule has 4 rings (SSSR count). The number of hydrogen-bond donors (Lipinski definition) is 1. The molecule has 2 saturated heterocycles. The second kappa shape index (κ2) is 8.86. The van der Waals surface area contributed by atoms with Gasteiger partial charge >= 0.3 is 6.03 Å². The van der Waals surface area contributed by atoms with E-state index in [9.17, 15) is 9.18 Å². The first-order chi connectivity index (χ1) is 13.7. The predicted octanol–water partition coefficient (Wildman–Crippen LogP) is 4.08. The van der Waals surface area contributed by atoms with Crippen LogP contribution in [-0.2, 0) is 6.54 Å². The number of hydrogen-bond acceptors (Lipinski definition) is 3. The van der Waals surface area contributed by atoms with Gasteiger partial charge in [0.25, 0.3) is 0 Å². The lowest BCUT2D eigenvalue weighted by atomic mass is 9.98. The number of carbonyl (C=O) groups is 1. The number of benzene rings is 2. The van der Waals surface area contributed by atoms with Crippen molar-refractivity contribution < 1.29 is 9.18 Å². The van der Waals surface area contributed by atoms with Gasteiger partial charge in [-0.2, -0.15) is 11.8 Å². The summed E-state index contributed by atoms with van der Waals surface area (Å²) in [5.74, 6) is 2.26. The van der Waals surface area contributed by atoms with E-state index >= 15 is 0 Å². The zero-order valence-corrected chi connectivity index (χ0v) is 16.8. The summed E-state index contributed by atoms with van der Waals surface area (Å²) in [5.41, 5.74) is 3.06. The summed E-state index contributed by atoms with van der Waals surface area (Å²) < 4.78 is 14.0. The fraction of sp³-hybridized carbons (Fsp3) is 0.409. The van der Waals surface area contributed by atoms with Crippen LogP contribution in [0.4, 0.5) is 14.9 Å². The van der Waals surface area contributed by atoms with Gasteiger partial charge in [-0.15, -0.1) is 0 Å². The molecule has 2 aromatic carbocycles. The molecule has 6 heteroatoms. The Labute approximate surface area is 170 Å². The van der Waals surface area contributed by atoms with Crippen molar-refractivity contribution in [2.24, 2.45) is 0 Å². The van der Waals surface area contributed by atoms with E-state index in [-0.39, 0.29) is 17.8 Å². The van der Waals surface area contributed by atoms with E-state index in [1.807, 2.05) is 23.9 Å². The van der Waals surface area contributed by atoms with Crippen molar-refractivity contribution in [3.8, 4) is 0 Å². The third kappa shape index (κ3) is 4.43. The first-order valence-electron chi connectivity index (χ1n) is 9.89. The summed E-state index contributed by atoms with van der Waals surface area (Å²) in [6, 6.07) is 15.3. The normalized spacial score (nSPS) is 19.7. The molecule has 0 aliphatic carbocycles. The summed E-state index contributed by atoms with van der Waals surface area (Å²) in [7, 11) is 0. The fourth-order valence-corrected chi connectivity index (χ4v) is 4.84. The van der Waals surface area contributed by atoms with Crippen LogP contribution in [0.3, 0.4) is 0 Å². The third-order valence-corrected chi connectivity index (χ3v) is 6.52. The summed E-state index contributed by atoms with van der Waals surface area (Å²) in [4.78, 5) is 16.7. The minimum atomic E-state index is -0.179. The molecule has 0 spiro atoms. The van der Waals surface area contributed by atoms with E-state index in [4.69, 9.17) is 0 Å². The van der Waals surface area contributed by atoms with Gasteiger partial charge in [-0.25, -0.2) is 9.18 Å². The molecule has 2 amide bonds. The molecule has 0 aromatic heterocycles. The van der Waals surface area contributed by atoms with Gasteiger partial charge in [-0.1, -0.05) is 30.3 Å². The highest BCUT2D eigenvalue weighted by Gasteiger charge is 2.28. The van der Waals surface area contributed by atoms with Crippen molar-refractivity contribution in [1.82, 2.24) is 10.2 Å². The highest BCUT2D eigenvalue weighted by molar-refractivity contribution is 7.99. The number of anilines is 1. The Morgan fingerprint density at radius 3 is 2.57 bits per heavy atom. The minimum Gasteiger partial charge on any atom is -0.370 e. The molecule has 2 heterocycles. The number of nitrogens with one attached hydrogen (secondary N) is 1. The number of halogens is 1. The number of carbonyl (C=O) groups excluding carboxylic acids is 1. The molecule has 4 nitrogen and oxygen atoms in total. The van der Waals surface area contributed by atoms with E-state index < -0.39 is 0 Å². The SMILES string of the molecule is O=C(NCc1ccc(N2CCSCC2)cc1)N1CCC(c2ccccc2F)C1. The van der Waals surface area contributed by atoms with Crippen LogP contribution in [-0.4, -0.2) is 48.6 Å². The van der Waals surface area contributed by atoms with Crippen LogP contribution in [0.1, 0.15) is 23.5 Å². The first-order valence-corrected chi connectivity index (χ1v) is 11.0. The van der Waals surface area contributed by atoms with Crippen molar-refractivity contribution >= 4 is 23.5 Å². The first kappa shape index (κ1) is 19.1. The lowest BCUT2D eigenvalue weighted by Gasteiger charge is -2.28. The van der Waals surface area contributed by atoms with Gasteiger partial charge in [0.15, 0.2) is 0 Å². The Morgan fingerprint density at radius 2 is 1.82 bits per heavy atom. The Kier molecular flexibility index (Phi) is 6.05. The van der Waals surface area contributed by atoms with E-state index in [1.54, 1.807) is 11.0 Å². The maximum Gasteiger partial charge on any atom is 0.317 e. The molecule has 2 aliphatic rings. The molecule has 148 valence electrons. The smallest absolute Gasteiger partial charge is 0.317 e. The molecule has 28 heavy (non-hydrogen) atoms. The van der Waals surface area contributed by atoms with E-state index in [2.05, 4.69) is 34.5 Å². The third-order valence-electron chi connectivity index (χ3n) is 5.58. The largest absolute Gasteiger partial charge is 0.370 e. The number of urea groups is 1. The molecule has 2 aromatic rings. The number of likely N-dealkylation sites (tertiary alicyclic amines) is 1. The van der Waals surface area contributed by atoms with E-state index in [0.29, 0.717) is 25.2 Å². The minimum absolute atomic E-state index is 0.0732. The molecule has 2 aliphatic heterocycles. The van der Waals surface area contributed by atoms with Crippen molar-refractivity contribution in [3.05, 3.63) is 65.5 Å².